The molecule has 0 bridgehead atoms. The molecule has 15 heavy (non-hydrogen) atoms. The van der Waals surface area contributed by atoms with Crippen LogP contribution >= 0.6 is 0 Å². The Morgan fingerprint density at radius 3 is 2.53 bits per heavy atom. The Hall–Kier alpha value is -1.59. The van der Waals surface area contributed by atoms with Crippen LogP contribution in [-0.2, 0) is 0 Å². The minimum atomic E-state index is -4.70. The number of alkyl halides is 3. The monoisotopic (exact) mass is 219 g/mol. The second-order valence-electron chi connectivity index (χ2n) is 3.15. The minimum Gasteiger partial charge on any atom is -0.258 e. The van der Waals surface area contributed by atoms with Crippen LogP contribution in [0.2, 0.25) is 0 Å². The summed E-state index contributed by atoms with van der Waals surface area (Å²) in [5.41, 5.74) is -1.66. The van der Waals surface area contributed by atoms with Crippen molar-refractivity contribution in [2.45, 2.75) is 19.5 Å². The molecule has 0 heterocycles. The summed E-state index contributed by atoms with van der Waals surface area (Å²) in [4.78, 5) is 9.42. The van der Waals surface area contributed by atoms with Crippen molar-refractivity contribution >= 4 is 0 Å². The predicted octanol–water partition coefficient (Wildman–Crippen LogP) is 2.99. The van der Waals surface area contributed by atoms with Crippen LogP contribution in [0.1, 0.15) is 13.3 Å². The van der Waals surface area contributed by atoms with Crippen molar-refractivity contribution in [1.29, 1.82) is 0 Å². The Balaban J connectivity index is 3.37. The average molecular weight is 219 g/mol. The highest BCUT2D eigenvalue weighted by atomic mass is 19.4. The van der Waals surface area contributed by atoms with Crippen molar-refractivity contribution in [2.24, 2.45) is 0 Å². The summed E-state index contributed by atoms with van der Waals surface area (Å²) >= 11 is 0. The Kier molecular flexibility index (Phi) is 2.97. The average Bonchev–Trinajstić information content (AvgIpc) is 2.25. The van der Waals surface area contributed by atoms with Gasteiger partial charge in [-0.15, -0.1) is 0 Å². The van der Waals surface area contributed by atoms with E-state index in [4.69, 9.17) is 0 Å². The van der Waals surface area contributed by atoms with Gasteiger partial charge in [-0.2, -0.15) is 13.2 Å². The van der Waals surface area contributed by atoms with Crippen LogP contribution in [0.3, 0.4) is 0 Å². The quantitative estimate of drug-likeness (QED) is 0.502. The number of hydrogen-bond donors (Lipinski definition) is 0. The maximum atomic E-state index is 12.5. The highest BCUT2D eigenvalue weighted by Gasteiger charge is 2.39. The summed E-state index contributed by atoms with van der Waals surface area (Å²) < 4.78 is 37.4. The van der Waals surface area contributed by atoms with Crippen LogP contribution in [0.4, 0.5) is 13.2 Å². The number of nitrogens with zero attached hydrogens (tertiary/aromatic N) is 1. The lowest BCUT2D eigenvalue weighted by Crippen LogP contribution is -2.15. The Morgan fingerprint density at radius 1 is 1.47 bits per heavy atom. The molecule has 0 radical (unpaired) electrons. The molecule has 0 spiro atoms. The molecule has 0 aromatic rings. The molecule has 0 fully saturated rings. The smallest absolute Gasteiger partial charge is 0.258 e. The number of allylic oxidation sites excluding steroid dienone is 5. The van der Waals surface area contributed by atoms with Crippen LogP contribution in [0.5, 0.6) is 0 Å². The van der Waals surface area contributed by atoms with Gasteiger partial charge in [-0.1, -0.05) is 11.6 Å². The van der Waals surface area contributed by atoms with Crippen LogP contribution < -0.4 is 0 Å². The zero-order valence-electron chi connectivity index (χ0n) is 7.84. The molecule has 1 aliphatic rings. The molecule has 0 amide bonds. The summed E-state index contributed by atoms with van der Waals surface area (Å²) in [5.74, 6) is 0. The van der Waals surface area contributed by atoms with E-state index < -0.39 is 22.4 Å². The van der Waals surface area contributed by atoms with Crippen LogP contribution in [0, 0.1) is 10.1 Å². The molecule has 0 saturated heterocycles. The Morgan fingerprint density at radius 2 is 2.07 bits per heavy atom. The highest BCUT2D eigenvalue weighted by molar-refractivity contribution is 5.37. The van der Waals surface area contributed by atoms with Crippen LogP contribution in [0.25, 0.3) is 0 Å². The lowest BCUT2D eigenvalue weighted by molar-refractivity contribution is -0.421. The van der Waals surface area contributed by atoms with Gasteiger partial charge in [0.15, 0.2) is 0 Å². The van der Waals surface area contributed by atoms with Crippen molar-refractivity contribution in [3.8, 4) is 0 Å². The lowest BCUT2D eigenvalue weighted by atomic mass is 10.1. The third kappa shape index (κ3) is 2.68. The normalized spacial score (nSPS) is 17.5. The molecule has 3 nitrogen and oxygen atoms in total. The van der Waals surface area contributed by atoms with E-state index in [2.05, 4.69) is 0 Å². The van der Waals surface area contributed by atoms with Gasteiger partial charge in [0.05, 0.1) is 4.92 Å². The molecule has 0 saturated carbocycles. The van der Waals surface area contributed by atoms with E-state index in [-0.39, 0.29) is 6.42 Å². The summed E-state index contributed by atoms with van der Waals surface area (Å²) in [5, 5.41) is 10.4. The highest BCUT2D eigenvalue weighted by Crippen LogP contribution is 2.32. The van der Waals surface area contributed by atoms with E-state index in [1.54, 1.807) is 0 Å². The topological polar surface area (TPSA) is 43.1 Å². The molecular formula is C9H8F3NO2. The maximum absolute atomic E-state index is 12.5. The first-order valence-electron chi connectivity index (χ1n) is 4.12. The second kappa shape index (κ2) is 3.88. The van der Waals surface area contributed by atoms with Gasteiger partial charge in [-0.25, -0.2) is 0 Å². The fourth-order valence-corrected chi connectivity index (χ4v) is 1.21. The van der Waals surface area contributed by atoms with E-state index in [0.29, 0.717) is 5.57 Å². The van der Waals surface area contributed by atoms with E-state index in [0.717, 1.165) is 12.2 Å². The van der Waals surface area contributed by atoms with Crippen molar-refractivity contribution in [1.82, 2.24) is 0 Å². The molecule has 0 aromatic heterocycles. The van der Waals surface area contributed by atoms with E-state index in [9.17, 15) is 23.3 Å². The van der Waals surface area contributed by atoms with Gasteiger partial charge < -0.3 is 0 Å². The fraction of sp³-hybridized carbons (Fsp3) is 0.333. The van der Waals surface area contributed by atoms with Gasteiger partial charge in [-0.05, 0) is 19.4 Å². The van der Waals surface area contributed by atoms with Gasteiger partial charge in [0.1, 0.15) is 5.57 Å². The zero-order valence-corrected chi connectivity index (χ0v) is 7.84. The lowest BCUT2D eigenvalue weighted by Gasteiger charge is -2.07. The van der Waals surface area contributed by atoms with Crippen LogP contribution in [0.15, 0.2) is 35.1 Å². The van der Waals surface area contributed by atoms with Gasteiger partial charge in [0.25, 0.3) is 5.70 Å². The van der Waals surface area contributed by atoms with E-state index in [1.165, 1.54) is 13.0 Å². The maximum Gasteiger partial charge on any atom is 0.422 e. The van der Waals surface area contributed by atoms with E-state index in [1.807, 2.05) is 0 Å². The molecule has 82 valence electrons. The molecule has 0 aliphatic heterocycles. The largest absolute Gasteiger partial charge is 0.422 e. The molecule has 0 atom stereocenters. The second-order valence-corrected chi connectivity index (χ2v) is 3.15. The Labute approximate surface area is 83.7 Å². The zero-order chi connectivity index (χ0) is 11.6. The summed E-state index contributed by atoms with van der Waals surface area (Å²) in [6, 6.07) is 0. The minimum absolute atomic E-state index is 0.289. The fourth-order valence-electron chi connectivity index (χ4n) is 1.21. The standard InChI is InChI=1S/C9H8F3NO2/c1-6-3-2-4-8(13(14)15)7(5-6)9(10,11)12/h2,4-5H,3H2,1H3. The van der Waals surface area contributed by atoms with Gasteiger partial charge in [-0.3, -0.25) is 10.1 Å². The number of nitro groups is 1. The first-order valence-corrected chi connectivity index (χ1v) is 4.12. The SMILES string of the molecule is CC1=CC(C(F)(F)F)=C([N+](=O)[O-])C=CC1. The molecule has 6 heteroatoms. The molecular weight excluding hydrogens is 211 g/mol. The van der Waals surface area contributed by atoms with Gasteiger partial charge >= 0.3 is 6.18 Å². The predicted molar refractivity (Wildman–Crippen MR) is 47.6 cm³/mol. The van der Waals surface area contributed by atoms with Crippen molar-refractivity contribution < 1.29 is 18.1 Å². The first kappa shape index (κ1) is 11.5. The third-order valence-corrected chi connectivity index (χ3v) is 1.88. The number of halogens is 3. The number of hydrogen-bond acceptors (Lipinski definition) is 2. The van der Waals surface area contributed by atoms with Crippen molar-refractivity contribution in [2.75, 3.05) is 0 Å². The Bertz CT molecular complexity index is 377. The molecule has 1 rings (SSSR count). The summed E-state index contributed by atoms with van der Waals surface area (Å²) in [7, 11) is 0. The first-order chi connectivity index (χ1) is 6.82. The summed E-state index contributed by atoms with van der Waals surface area (Å²) in [6.45, 7) is 1.50. The van der Waals surface area contributed by atoms with E-state index >= 15 is 0 Å². The van der Waals surface area contributed by atoms with Gasteiger partial charge in [0.2, 0.25) is 0 Å². The molecule has 1 aliphatic carbocycles. The molecule has 0 unspecified atom stereocenters. The molecule has 0 N–H and O–H groups in total. The summed E-state index contributed by atoms with van der Waals surface area (Å²) in [6.07, 6.45) is -1.34. The van der Waals surface area contributed by atoms with Crippen LogP contribution in [-0.4, -0.2) is 11.1 Å². The number of rotatable bonds is 1. The van der Waals surface area contributed by atoms with Crippen molar-refractivity contribution in [3.05, 3.63) is 45.2 Å². The van der Waals surface area contributed by atoms with Gasteiger partial charge in [0, 0.05) is 6.08 Å². The van der Waals surface area contributed by atoms with Crippen molar-refractivity contribution in [3.63, 3.8) is 0 Å². The third-order valence-electron chi connectivity index (χ3n) is 1.88. The molecule has 0 aromatic carbocycles.